The molecular weight excluding hydrogens is 268 g/mol. The molecule has 0 atom stereocenters. The number of nitrogens with one attached hydrogen (secondary N) is 2. The second-order valence-corrected chi connectivity index (χ2v) is 5.36. The zero-order valence-corrected chi connectivity index (χ0v) is 13.4. The molecule has 118 valence electrons. The Labute approximate surface area is 127 Å². The Bertz CT molecular complexity index is 447. The van der Waals surface area contributed by atoms with Crippen LogP contribution >= 0.6 is 0 Å². The standard InChI is InChI=1S/C16H26N2O3/c1-5-17-16(2,3)15(19)18-14-8-6-7-13(11-14)12-21-10-9-20-4/h6-8,11,17H,5,9-10,12H2,1-4H3,(H,18,19). The van der Waals surface area contributed by atoms with E-state index in [-0.39, 0.29) is 5.91 Å². The SMILES string of the molecule is CCNC(C)(C)C(=O)Nc1cccc(COCCOC)c1. The Morgan fingerprint density at radius 3 is 2.71 bits per heavy atom. The Hall–Kier alpha value is -1.43. The van der Waals surface area contributed by atoms with Crippen molar-refractivity contribution in [2.45, 2.75) is 32.9 Å². The van der Waals surface area contributed by atoms with E-state index in [2.05, 4.69) is 10.6 Å². The number of anilines is 1. The molecule has 1 amide bonds. The van der Waals surface area contributed by atoms with Crippen molar-refractivity contribution in [1.82, 2.24) is 5.32 Å². The highest BCUT2D eigenvalue weighted by Crippen LogP contribution is 2.14. The first kappa shape index (κ1) is 17.6. The number of methoxy groups -OCH3 is 1. The summed E-state index contributed by atoms with van der Waals surface area (Å²) in [5.41, 5.74) is 1.20. The molecule has 21 heavy (non-hydrogen) atoms. The van der Waals surface area contributed by atoms with Gasteiger partial charge in [-0.2, -0.15) is 0 Å². The third-order valence-electron chi connectivity index (χ3n) is 3.07. The van der Waals surface area contributed by atoms with Crippen molar-refractivity contribution in [2.24, 2.45) is 0 Å². The summed E-state index contributed by atoms with van der Waals surface area (Å²) < 4.78 is 10.4. The molecular formula is C16H26N2O3. The van der Waals surface area contributed by atoms with Gasteiger partial charge in [0.05, 0.1) is 25.4 Å². The van der Waals surface area contributed by atoms with Crippen molar-refractivity contribution < 1.29 is 14.3 Å². The van der Waals surface area contributed by atoms with Crippen LogP contribution in [0, 0.1) is 0 Å². The van der Waals surface area contributed by atoms with Gasteiger partial charge in [0, 0.05) is 12.8 Å². The van der Waals surface area contributed by atoms with Crippen LogP contribution in [0.4, 0.5) is 5.69 Å². The highest BCUT2D eigenvalue weighted by molar-refractivity contribution is 5.97. The number of amides is 1. The molecule has 0 aliphatic heterocycles. The lowest BCUT2D eigenvalue weighted by atomic mass is 10.0. The van der Waals surface area contributed by atoms with Crippen LogP contribution in [0.5, 0.6) is 0 Å². The van der Waals surface area contributed by atoms with Gasteiger partial charge < -0.3 is 20.1 Å². The van der Waals surface area contributed by atoms with Crippen LogP contribution in [0.25, 0.3) is 0 Å². The maximum atomic E-state index is 12.2. The fourth-order valence-corrected chi connectivity index (χ4v) is 1.88. The zero-order chi connectivity index (χ0) is 15.7. The molecule has 0 heterocycles. The molecule has 5 heteroatoms. The molecule has 2 N–H and O–H groups in total. The molecule has 1 aromatic rings. The van der Waals surface area contributed by atoms with E-state index in [4.69, 9.17) is 9.47 Å². The maximum absolute atomic E-state index is 12.2. The Kier molecular flexibility index (Phi) is 7.36. The van der Waals surface area contributed by atoms with Crippen LogP contribution in [0.15, 0.2) is 24.3 Å². The number of ether oxygens (including phenoxy) is 2. The Morgan fingerprint density at radius 2 is 2.05 bits per heavy atom. The molecule has 5 nitrogen and oxygen atoms in total. The minimum Gasteiger partial charge on any atom is -0.382 e. The van der Waals surface area contributed by atoms with E-state index < -0.39 is 5.54 Å². The number of rotatable bonds is 9. The Morgan fingerprint density at radius 1 is 1.29 bits per heavy atom. The van der Waals surface area contributed by atoms with Gasteiger partial charge in [0.25, 0.3) is 0 Å². The number of carbonyl (C=O) groups is 1. The zero-order valence-electron chi connectivity index (χ0n) is 13.4. The predicted octanol–water partition coefficient (Wildman–Crippen LogP) is 2.18. The average molecular weight is 294 g/mol. The summed E-state index contributed by atoms with van der Waals surface area (Å²) in [5, 5.41) is 6.08. The fourth-order valence-electron chi connectivity index (χ4n) is 1.88. The van der Waals surface area contributed by atoms with Gasteiger partial charge in [-0.05, 0) is 38.1 Å². The monoisotopic (exact) mass is 294 g/mol. The molecule has 0 aliphatic rings. The Balaban J connectivity index is 2.58. The molecule has 0 radical (unpaired) electrons. The summed E-state index contributed by atoms with van der Waals surface area (Å²) >= 11 is 0. The minimum atomic E-state index is -0.598. The van der Waals surface area contributed by atoms with E-state index >= 15 is 0 Å². The third kappa shape index (κ3) is 6.25. The van der Waals surface area contributed by atoms with Gasteiger partial charge in [0.15, 0.2) is 0 Å². The van der Waals surface area contributed by atoms with Crippen molar-refractivity contribution in [3.05, 3.63) is 29.8 Å². The lowest BCUT2D eigenvalue weighted by Crippen LogP contribution is -2.49. The molecule has 0 fully saturated rings. The topological polar surface area (TPSA) is 59.6 Å². The van der Waals surface area contributed by atoms with Gasteiger partial charge in [-0.25, -0.2) is 0 Å². The summed E-state index contributed by atoms with van der Waals surface area (Å²) in [7, 11) is 1.64. The van der Waals surface area contributed by atoms with Gasteiger partial charge >= 0.3 is 0 Å². The predicted molar refractivity (Wildman–Crippen MR) is 84.4 cm³/mol. The third-order valence-corrected chi connectivity index (χ3v) is 3.07. The van der Waals surface area contributed by atoms with Crippen LogP contribution < -0.4 is 10.6 Å². The lowest BCUT2D eigenvalue weighted by molar-refractivity contribution is -0.121. The van der Waals surface area contributed by atoms with Gasteiger partial charge in [0.1, 0.15) is 0 Å². The van der Waals surface area contributed by atoms with Crippen LogP contribution in [-0.4, -0.2) is 38.3 Å². The van der Waals surface area contributed by atoms with Crippen molar-refractivity contribution in [2.75, 3.05) is 32.2 Å². The molecule has 0 saturated carbocycles. The van der Waals surface area contributed by atoms with Gasteiger partial charge in [-0.15, -0.1) is 0 Å². The molecule has 0 saturated heterocycles. The van der Waals surface area contributed by atoms with E-state index in [9.17, 15) is 4.79 Å². The average Bonchev–Trinajstić information content (AvgIpc) is 2.44. The number of carbonyl (C=O) groups excluding carboxylic acids is 1. The molecule has 1 aromatic carbocycles. The quantitative estimate of drug-likeness (QED) is 0.685. The smallest absolute Gasteiger partial charge is 0.244 e. The van der Waals surface area contributed by atoms with Crippen molar-refractivity contribution >= 4 is 11.6 Å². The second kappa shape index (κ2) is 8.77. The van der Waals surface area contributed by atoms with E-state index in [1.54, 1.807) is 7.11 Å². The van der Waals surface area contributed by atoms with E-state index in [0.717, 1.165) is 17.8 Å². The molecule has 0 bridgehead atoms. The first-order chi connectivity index (χ1) is 9.99. The highest BCUT2D eigenvalue weighted by Gasteiger charge is 2.26. The molecule has 0 spiro atoms. The number of likely N-dealkylation sites (N-methyl/N-ethyl adjacent to an activating group) is 1. The van der Waals surface area contributed by atoms with Crippen LogP contribution in [0.3, 0.4) is 0 Å². The number of hydrogen-bond acceptors (Lipinski definition) is 4. The summed E-state index contributed by atoms with van der Waals surface area (Å²) in [5.74, 6) is -0.0539. The molecule has 0 aliphatic carbocycles. The summed E-state index contributed by atoms with van der Waals surface area (Å²) in [6.45, 7) is 8.09. The van der Waals surface area contributed by atoms with Gasteiger partial charge in [-0.1, -0.05) is 19.1 Å². The van der Waals surface area contributed by atoms with Crippen LogP contribution in [-0.2, 0) is 20.9 Å². The summed E-state index contributed by atoms with van der Waals surface area (Å²) in [4.78, 5) is 12.2. The first-order valence-electron chi connectivity index (χ1n) is 7.21. The fraction of sp³-hybridized carbons (Fsp3) is 0.562. The summed E-state index contributed by atoms with van der Waals surface area (Å²) in [6, 6.07) is 7.67. The molecule has 0 unspecified atom stereocenters. The molecule has 0 aromatic heterocycles. The normalized spacial score (nSPS) is 11.4. The highest BCUT2D eigenvalue weighted by atomic mass is 16.5. The van der Waals surface area contributed by atoms with E-state index in [0.29, 0.717) is 19.8 Å². The van der Waals surface area contributed by atoms with Crippen molar-refractivity contribution in [1.29, 1.82) is 0 Å². The summed E-state index contributed by atoms with van der Waals surface area (Å²) in [6.07, 6.45) is 0. The number of benzene rings is 1. The number of hydrogen-bond donors (Lipinski definition) is 2. The minimum absolute atomic E-state index is 0.0539. The largest absolute Gasteiger partial charge is 0.382 e. The lowest BCUT2D eigenvalue weighted by Gasteiger charge is -2.24. The maximum Gasteiger partial charge on any atom is 0.244 e. The van der Waals surface area contributed by atoms with Crippen molar-refractivity contribution in [3.63, 3.8) is 0 Å². The van der Waals surface area contributed by atoms with Crippen LogP contribution in [0.2, 0.25) is 0 Å². The van der Waals surface area contributed by atoms with Gasteiger partial charge in [0.2, 0.25) is 5.91 Å². The van der Waals surface area contributed by atoms with E-state index in [1.165, 1.54) is 0 Å². The van der Waals surface area contributed by atoms with Crippen LogP contribution in [0.1, 0.15) is 26.3 Å². The van der Waals surface area contributed by atoms with Crippen molar-refractivity contribution in [3.8, 4) is 0 Å². The first-order valence-corrected chi connectivity index (χ1v) is 7.21. The van der Waals surface area contributed by atoms with E-state index in [1.807, 2.05) is 45.0 Å². The molecule has 1 rings (SSSR count). The second-order valence-electron chi connectivity index (χ2n) is 5.36. The van der Waals surface area contributed by atoms with Gasteiger partial charge in [-0.3, -0.25) is 4.79 Å².